The van der Waals surface area contributed by atoms with Gasteiger partial charge in [-0.2, -0.15) is 5.26 Å². The summed E-state index contributed by atoms with van der Waals surface area (Å²) in [4.78, 5) is 32.4. The molecule has 2 aliphatic rings. The standard InChI is InChI=1S/C19H24N4O4/c1-19(2,3)27-18(25)23-8-4-5-15(23)17(24)22-11-14(12-22)26-16-9-13(10-20)6-7-21-16/h6-7,9,14-15H,4-5,8,11-12H2,1-3H3. The third-order valence-corrected chi connectivity index (χ3v) is 4.48. The molecule has 1 aromatic heterocycles. The van der Waals surface area contributed by atoms with Gasteiger partial charge in [-0.1, -0.05) is 0 Å². The lowest BCUT2D eigenvalue weighted by molar-refractivity contribution is -0.144. The van der Waals surface area contributed by atoms with Crippen LogP contribution in [0.4, 0.5) is 4.79 Å². The molecule has 0 aliphatic carbocycles. The lowest BCUT2D eigenvalue weighted by Crippen LogP contribution is -2.60. The van der Waals surface area contributed by atoms with Crippen LogP contribution in [0.25, 0.3) is 0 Å². The Labute approximate surface area is 158 Å². The van der Waals surface area contributed by atoms with Crippen molar-refractivity contribution in [1.82, 2.24) is 14.8 Å². The number of rotatable bonds is 3. The second-order valence-corrected chi connectivity index (χ2v) is 7.81. The highest BCUT2D eigenvalue weighted by Gasteiger charge is 2.42. The minimum atomic E-state index is -0.589. The molecule has 1 atom stereocenters. The van der Waals surface area contributed by atoms with Crippen molar-refractivity contribution in [1.29, 1.82) is 5.26 Å². The smallest absolute Gasteiger partial charge is 0.410 e. The van der Waals surface area contributed by atoms with Crippen molar-refractivity contribution in [3.05, 3.63) is 23.9 Å². The summed E-state index contributed by atoms with van der Waals surface area (Å²) < 4.78 is 11.1. The molecule has 8 nitrogen and oxygen atoms in total. The number of hydrogen-bond donors (Lipinski definition) is 0. The van der Waals surface area contributed by atoms with Crippen LogP contribution in [0.1, 0.15) is 39.2 Å². The van der Waals surface area contributed by atoms with Gasteiger partial charge in [0.1, 0.15) is 17.7 Å². The van der Waals surface area contributed by atoms with E-state index in [4.69, 9.17) is 14.7 Å². The predicted octanol–water partition coefficient (Wildman–Crippen LogP) is 1.94. The van der Waals surface area contributed by atoms with Crippen LogP contribution in [0.3, 0.4) is 0 Å². The van der Waals surface area contributed by atoms with Crippen molar-refractivity contribution in [2.75, 3.05) is 19.6 Å². The highest BCUT2D eigenvalue weighted by atomic mass is 16.6. The maximum absolute atomic E-state index is 12.8. The molecule has 0 radical (unpaired) electrons. The normalized spacial score (nSPS) is 20.0. The van der Waals surface area contributed by atoms with Crippen LogP contribution >= 0.6 is 0 Å². The van der Waals surface area contributed by atoms with E-state index in [-0.39, 0.29) is 12.0 Å². The molecule has 0 aromatic carbocycles. The molecule has 2 aliphatic heterocycles. The van der Waals surface area contributed by atoms with Crippen LogP contribution < -0.4 is 4.74 Å². The SMILES string of the molecule is CC(C)(C)OC(=O)N1CCCC1C(=O)N1CC(Oc2cc(C#N)ccn2)C1. The molecule has 1 unspecified atom stereocenters. The molecule has 0 N–H and O–H groups in total. The van der Waals surface area contributed by atoms with Gasteiger partial charge in [0.25, 0.3) is 0 Å². The van der Waals surface area contributed by atoms with Crippen molar-refractivity contribution in [2.24, 2.45) is 0 Å². The third-order valence-electron chi connectivity index (χ3n) is 4.48. The molecule has 3 rings (SSSR count). The molecular formula is C19H24N4O4. The van der Waals surface area contributed by atoms with Crippen LogP contribution in [0.15, 0.2) is 18.3 Å². The second-order valence-electron chi connectivity index (χ2n) is 7.81. The summed E-state index contributed by atoms with van der Waals surface area (Å²) >= 11 is 0. The molecular weight excluding hydrogens is 348 g/mol. The van der Waals surface area contributed by atoms with Crippen molar-refractivity contribution in [3.8, 4) is 11.9 Å². The summed E-state index contributed by atoms with van der Waals surface area (Å²) in [5.74, 6) is 0.305. The molecule has 2 fully saturated rings. The van der Waals surface area contributed by atoms with E-state index in [0.717, 1.165) is 6.42 Å². The fourth-order valence-corrected chi connectivity index (χ4v) is 3.18. The zero-order valence-electron chi connectivity index (χ0n) is 15.8. The number of pyridine rings is 1. The number of likely N-dealkylation sites (tertiary alicyclic amines) is 2. The highest BCUT2D eigenvalue weighted by molar-refractivity contribution is 5.87. The maximum atomic E-state index is 12.8. The first-order chi connectivity index (χ1) is 12.8. The molecule has 0 spiro atoms. The van der Waals surface area contributed by atoms with E-state index < -0.39 is 17.7 Å². The first kappa shape index (κ1) is 19.0. The van der Waals surface area contributed by atoms with Gasteiger partial charge in [-0.3, -0.25) is 9.69 Å². The van der Waals surface area contributed by atoms with E-state index in [1.807, 2.05) is 26.8 Å². The summed E-state index contributed by atoms with van der Waals surface area (Å²) in [6, 6.07) is 4.75. The summed E-state index contributed by atoms with van der Waals surface area (Å²) in [6.07, 6.45) is 2.35. The van der Waals surface area contributed by atoms with Gasteiger partial charge in [-0.05, 0) is 39.7 Å². The highest BCUT2D eigenvalue weighted by Crippen LogP contribution is 2.25. The van der Waals surface area contributed by atoms with Gasteiger partial charge in [-0.15, -0.1) is 0 Å². The van der Waals surface area contributed by atoms with Crippen LogP contribution in [0.5, 0.6) is 5.88 Å². The van der Waals surface area contributed by atoms with Crippen LogP contribution in [0, 0.1) is 11.3 Å². The number of carbonyl (C=O) groups is 2. The number of nitrogens with zero attached hydrogens (tertiary/aromatic N) is 4. The number of aromatic nitrogens is 1. The van der Waals surface area contributed by atoms with Gasteiger partial charge in [0.2, 0.25) is 11.8 Å². The summed E-state index contributed by atoms with van der Waals surface area (Å²) in [5.41, 5.74) is -0.111. The Morgan fingerprint density at radius 1 is 1.33 bits per heavy atom. The number of hydrogen-bond acceptors (Lipinski definition) is 6. The zero-order chi connectivity index (χ0) is 19.6. The van der Waals surface area contributed by atoms with Gasteiger partial charge in [0, 0.05) is 18.8 Å². The van der Waals surface area contributed by atoms with E-state index >= 15 is 0 Å². The molecule has 0 saturated carbocycles. The average molecular weight is 372 g/mol. The monoisotopic (exact) mass is 372 g/mol. The summed E-state index contributed by atoms with van der Waals surface area (Å²) in [7, 11) is 0. The van der Waals surface area contributed by atoms with E-state index in [2.05, 4.69) is 4.98 Å². The van der Waals surface area contributed by atoms with E-state index in [1.165, 1.54) is 11.1 Å². The van der Waals surface area contributed by atoms with Crippen LogP contribution in [0.2, 0.25) is 0 Å². The number of nitriles is 1. The Bertz CT molecular complexity index is 762. The molecule has 27 heavy (non-hydrogen) atoms. The first-order valence-electron chi connectivity index (χ1n) is 9.08. The Balaban J connectivity index is 1.53. The number of amides is 2. The molecule has 0 bridgehead atoms. The van der Waals surface area contributed by atoms with E-state index in [1.54, 1.807) is 17.0 Å². The Morgan fingerprint density at radius 2 is 2.07 bits per heavy atom. The Morgan fingerprint density at radius 3 is 2.74 bits per heavy atom. The first-order valence-corrected chi connectivity index (χ1v) is 9.08. The second kappa shape index (κ2) is 7.43. The molecule has 1 aromatic rings. The Kier molecular flexibility index (Phi) is 5.22. The fourth-order valence-electron chi connectivity index (χ4n) is 3.18. The van der Waals surface area contributed by atoms with Crippen molar-refractivity contribution < 1.29 is 19.1 Å². The predicted molar refractivity (Wildman–Crippen MR) is 95.9 cm³/mol. The van der Waals surface area contributed by atoms with E-state index in [9.17, 15) is 9.59 Å². The van der Waals surface area contributed by atoms with Gasteiger partial charge in [0.05, 0.1) is 24.7 Å². The lowest BCUT2D eigenvalue weighted by Gasteiger charge is -2.41. The van der Waals surface area contributed by atoms with Gasteiger partial charge < -0.3 is 14.4 Å². The van der Waals surface area contributed by atoms with Gasteiger partial charge in [0.15, 0.2) is 0 Å². The van der Waals surface area contributed by atoms with Crippen molar-refractivity contribution >= 4 is 12.0 Å². The fraction of sp³-hybridized carbons (Fsp3) is 0.579. The number of ether oxygens (including phenoxy) is 2. The van der Waals surface area contributed by atoms with Gasteiger partial charge in [-0.25, -0.2) is 9.78 Å². The molecule has 8 heteroatoms. The van der Waals surface area contributed by atoms with Gasteiger partial charge >= 0.3 is 6.09 Å². The lowest BCUT2D eigenvalue weighted by atomic mass is 10.1. The Hall–Kier alpha value is -2.82. The van der Waals surface area contributed by atoms with Crippen LogP contribution in [-0.2, 0) is 9.53 Å². The number of carbonyl (C=O) groups excluding carboxylic acids is 2. The molecule has 2 saturated heterocycles. The van der Waals surface area contributed by atoms with Crippen molar-refractivity contribution in [2.45, 2.75) is 51.4 Å². The molecule has 2 amide bonds. The minimum absolute atomic E-state index is 0.0723. The average Bonchev–Trinajstić information content (AvgIpc) is 3.06. The maximum Gasteiger partial charge on any atom is 0.410 e. The largest absolute Gasteiger partial charge is 0.471 e. The third kappa shape index (κ3) is 4.48. The molecule has 144 valence electrons. The minimum Gasteiger partial charge on any atom is -0.471 e. The zero-order valence-corrected chi connectivity index (χ0v) is 15.8. The van der Waals surface area contributed by atoms with Crippen LogP contribution in [-0.4, -0.2) is 64.2 Å². The summed E-state index contributed by atoms with van der Waals surface area (Å²) in [6.45, 7) is 6.84. The summed E-state index contributed by atoms with van der Waals surface area (Å²) in [5, 5.41) is 8.92. The van der Waals surface area contributed by atoms with E-state index in [0.29, 0.717) is 37.5 Å². The van der Waals surface area contributed by atoms with Crippen molar-refractivity contribution in [3.63, 3.8) is 0 Å². The molecule has 3 heterocycles. The quantitative estimate of drug-likeness (QED) is 0.805. The topological polar surface area (TPSA) is 95.8 Å².